The lowest BCUT2D eigenvalue weighted by Crippen LogP contribution is -2.50. The van der Waals surface area contributed by atoms with Crippen LogP contribution in [-0.4, -0.2) is 73.6 Å². The molecule has 1 unspecified atom stereocenters. The van der Waals surface area contributed by atoms with E-state index < -0.39 is 0 Å². The molecule has 1 N–H and O–H groups in total. The Bertz CT molecular complexity index is 417. The summed E-state index contributed by atoms with van der Waals surface area (Å²) < 4.78 is 5.32. The van der Waals surface area contributed by atoms with Crippen LogP contribution in [0.3, 0.4) is 0 Å². The molecule has 130 valence electrons. The smallest absolute Gasteiger partial charge is 0.234 e. The highest BCUT2D eigenvalue weighted by Gasteiger charge is 2.31. The third-order valence-corrected chi connectivity index (χ3v) is 5.27. The van der Waals surface area contributed by atoms with Crippen molar-refractivity contribution in [3.8, 4) is 0 Å². The molecule has 0 radical (unpaired) electrons. The van der Waals surface area contributed by atoms with Crippen LogP contribution in [0.5, 0.6) is 0 Å². The Labute approximate surface area is 138 Å². The molecule has 0 spiro atoms. The van der Waals surface area contributed by atoms with E-state index in [0.29, 0.717) is 45.4 Å². The fourth-order valence-electron chi connectivity index (χ4n) is 3.99. The van der Waals surface area contributed by atoms with Crippen LogP contribution in [0.25, 0.3) is 0 Å². The van der Waals surface area contributed by atoms with Gasteiger partial charge in [0, 0.05) is 25.7 Å². The molecule has 2 aliphatic heterocycles. The summed E-state index contributed by atoms with van der Waals surface area (Å²) in [6, 6.07) is 0.373. The standard InChI is InChI=1S/C17H29N3O3/c21-16(18-15-5-1-2-6-15)13-19-7-3-4-14(12-19)17(22)20-8-10-23-11-9-20/h14-15H,1-13H2,(H,18,21). The number of nitrogens with one attached hydrogen (secondary N) is 1. The average Bonchev–Trinajstić information content (AvgIpc) is 3.08. The van der Waals surface area contributed by atoms with E-state index in [9.17, 15) is 9.59 Å². The Morgan fingerprint density at radius 3 is 2.48 bits per heavy atom. The molecule has 1 saturated carbocycles. The third kappa shape index (κ3) is 4.67. The molecule has 1 aliphatic carbocycles. The molecule has 0 aromatic carbocycles. The first-order valence-corrected chi connectivity index (χ1v) is 9.10. The van der Waals surface area contributed by atoms with E-state index in [1.54, 1.807) is 0 Å². The molecule has 2 amide bonds. The Balaban J connectivity index is 1.45. The number of piperidine rings is 1. The third-order valence-electron chi connectivity index (χ3n) is 5.27. The molecule has 23 heavy (non-hydrogen) atoms. The minimum absolute atomic E-state index is 0.0427. The summed E-state index contributed by atoms with van der Waals surface area (Å²) in [7, 11) is 0. The number of hydrogen-bond donors (Lipinski definition) is 1. The monoisotopic (exact) mass is 323 g/mol. The highest BCUT2D eigenvalue weighted by Crippen LogP contribution is 2.20. The molecule has 3 aliphatic rings. The largest absolute Gasteiger partial charge is 0.378 e. The van der Waals surface area contributed by atoms with Gasteiger partial charge in [0.05, 0.1) is 25.7 Å². The Morgan fingerprint density at radius 1 is 1.00 bits per heavy atom. The zero-order valence-electron chi connectivity index (χ0n) is 14.0. The topological polar surface area (TPSA) is 61.9 Å². The van der Waals surface area contributed by atoms with Crippen molar-refractivity contribution in [1.82, 2.24) is 15.1 Å². The number of likely N-dealkylation sites (tertiary alicyclic amines) is 1. The lowest BCUT2D eigenvalue weighted by molar-refractivity contribution is -0.142. The van der Waals surface area contributed by atoms with Gasteiger partial charge in [0.1, 0.15) is 0 Å². The average molecular weight is 323 g/mol. The van der Waals surface area contributed by atoms with Gasteiger partial charge >= 0.3 is 0 Å². The summed E-state index contributed by atoms with van der Waals surface area (Å²) in [5.74, 6) is 0.409. The van der Waals surface area contributed by atoms with E-state index >= 15 is 0 Å². The van der Waals surface area contributed by atoms with Crippen molar-refractivity contribution in [2.75, 3.05) is 45.9 Å². The number of nitrogens with zero attached hydrogens (tertiary/aromatic N) is 2. The number of carbonyl (C=O) groups is 2. The highest BCUT2D eigenvalue weighted by atomic mass is 16.5. The molecule has 0 aromatic rings. The normalized spacial score (nSPS) is 27.1. The van der Waals surface area contributed by atoms with E-state index in [4.69, 9.17) is 4.74 Å². The number of amides is 2. The molecule has 2 heterocycles. The van der Waals surface area contributed by atoms with E-state index in [2.05, 4.69) is 10.2 Å². The van der Waals surface area contributed by atoms with Crippen molar-refractivity contribution in [3.63, 3.8) is 0 Å². The van der Waals surface area contributed by atoms with Crippen LogP contribution < -0.4 is 5.32 Å². The van der Waals surface area contributed by atoms with E-state index in [0.717, 1.165) is 32.2 Å². The highest BCUT2D eigenvalue weighted by molar-refractivity contribution is 5.80. The van der Waals surface area contributed by atoms with Gasteiger partial charge in [-0.3, -0.25) is 14.5 Å². The van der Waals surface area contributed by atoms with Crippen molar-refractivity contribution in [3.05, 3.63) is 0 Å². The second-order valence-electron chi connectivity index (χ2n) is 7.06. The SMILES string of the molecule is O=C(CN1CCCC(C(=O)N2CCOCC2)C1)NC1CCCC1. The fourth-order valence-corrected chi connectivity index (χ4v) is 3.99. The number of ether oxygens (including phenoxy) is 1. The summed E-state index contributed by atoms with van der Waals surface area (Å²) in [6.45, 7) is 4.77. The molecule has 6 heteroatoms. The quantitative estimate of drug-likeness (QED) is 0.824. The molecule has 3 rings (SSSR count). The van der Waals surface area contributed by atoms with Crippen molar-refractivity contribution < 1.29 is 14.3 Å². The maximum atomic E-state index is 12.6. The molecular formula is C17H29N3O3. The van der Waals surface area contributed by atoms with Gasteiger partial charge < -0.3 is 15.0 Å². The maximum Gasteiger partial charge on any atom is 0.234 e. The van der Waals surface area contributed by atoms with Crippen LogP contribution in [0.1, 0.15) is 38.5 Å². The Morgan fingerprint density at radius 2 is 1.74 bits per heavy atom. The van der Waals surface area contributed by atoms with Gasteiger partial charge in [-0.05, 0) is 32.2 Å². The first-order valence-electron chi connectivity index (χ1n) is 9.10. The second-order valence-corrected chi connectivity index (χ2v) is 7.06. The Kier molecular flexibility index (Phi) is 5.89. The van der Waals surface area contributed by atoms with E-state index in [1.807, 2.05) is 4.90 Å². The molecule has 1 atom stereocenters. The van der Waals surface area contributed by atoms with Gasteiger partial charge in [0.15, 0.2) is 0 Å². The molecule has 3 fully saturated rings. The van der Waals surface area contributed by atoms with Crippen molar-refractivity contribution in [2.24, 2.45) is 5.92 Å². The molecular weight excluding hydrogens is 294 g/mol. The minimum atomic E-state index is 0.0427. The van der Waals surface area contributed by atoms with Gasteiger partial charge in [0.25, 0.3) is 0 Å². The van der Waals surface area contributed by atoms with Gasteiger partial charge in [-0.1, -0.05) is 12.8 Å². The van der Waals surface area contributed by atoms with Crippen molar-refractivity contribution in [2.45, 2.75) is 44.6 Å². The molecule has 2 saturated heterocycles. The van der Waals surface area contributed by atoms with E-state index in [1.165, 1.54) is 12.8 Å². The first kappa shape index (κ1) is 16.7. The van der Waals surface area contributed by atoms with Crippen LogP contribution in [0, 0.1) is 5.92 Å². The zero-order chi connectivity index (χ0) is 16.1. The predicted molar refractivity (Wildman–Crippen MR) is 87.0 cm³/mol. The van der Waals surface area contributed by atoms with Gasteiger partial charge in [-0.2, -0.15) is 0 Å². The Hall–Kier alpha value is -1.14. The zero-order valence-corrected chi connectivity index (χ0v) is 14.0. The fraction of sp³-hybridized carbons (Fsp3) is 0.882. The summed E-state index contributed by atoms with van der Waals surface area (Å²) in [4.78, 5) is 28.9. The molecule has 0 aromatic heterocycles. The minimum Gasteiger partial charge on any atom is -0.378 e. The summed E-state index contributed by atoms with van der Waals surface area (Å²) in [6.07, 6.45) is 6.62. The lowest BCUT2D eigenvalue weighted by atomic mass is 9.96. The summed E-state index contributed by atoms with van der Waals surface area (Å²) >= 11 is 0. The summed E-state index contributed by atoms with van der Waals surface area (Å²) in [5.41, 5.74) is 0. The van der Waals surface area contributed by atoms with Gasteiger partial charge in [-0.15, -0.1) is 0 Å². The number of hydrogen-bond acceptors (Lipinski definition) is 4. The van der Waals surface area contributed by atoms with Gasteiger partial charge in [-0.25, -0.2) is 0 Å². The van der Waals surface area contributed by atoms with Crippen LogP contribution in [0.15, 0.2) is 0 Å². The number of carbonyl (C=O) groups excluding carboxylic acids is 2. The van der Waals surface area contributed by atoms with Crippen molar-refractivity contribution >= 4 is 11.8 Å². The maximum absolute atomic E-state index is 12.6. The van der Waals surface area contributed by atoms with Crippen LogP contribution in [-0.2, 0) is 14.3 Å². The van der Waals surface area contributed by atoms with Crippen molar-refractivity contribution in [1.29, 1.82) is 0 Å². The molecule has 0 bridgehead atoms. The number of rotatable bonds is 4. The predicted octanol–water partition coefficient (Wildman–Crippen LogP) is 0.616. The summed E-state index contributed by atoms with van der Waals surface area (Å²) in [5, 5.41) is 3.14. The van der Waals surface area contributed by atoms with Crippen LogP contribution in [0.2, 0.25) is 0 Å². The number of morpholine rings is 1. The van der Waals surface area contributed by atoms with E-state index in [-0.39, 0.29) is 17.7 Å². The first-order chi connectivity index (χ1) is 11.2. The molecule has 6 nitrogen and oxygen atoms in total. The van der Waals surface area contributed by atoms with Gasteiger partial charge in [0.2, 0.25) is 11.8 Å². The second kappa shape index (κ2) is 8.11. The lowest BCUT2D eigenvalue weighted by Gasteiger charge is -2.36. The van der Waals surface area contributed by atoms with Crippen LogP contribution in [0.4, 0.5) is 0 Å². The van der Waals surface area contributed by atoms with Crippen LogP contribution >= 0.6 is 0 Å².